The van der Waals surface area contributed by atoms with Gasteiger partial charge in [0.15, 0.2) is 0 Å². The Morgan fingerprint density at radius 3 is 2.76 bits per heavy atom. The Morgan fingerprint density at radius 1 is 1.33 bits per heavy atom. The maximum atomic E-state index is 12.4. The molecular weight excluding hydrogens is 288 g/mol. The lowest BCUT2D eigenvalue weighted by Gasteiger charge is -2.27. The molecule has 0 heterocycles. The largest absolute Gasteiger partial charge is 0.497 e. The first-order chi connectivity index (χ1) is 9.90. The summed E-state index contributed by atoms with van der Waals surface area (Å²) in [6.07, 6.45) is 4.38. The molecule has 0 aromatic heterocycles. The number of carbonyl (C=O) groups is 1. The zero-order chi connectivity index (χ0) is 15.5. The highest BCUT2D eigenvalue weighted by atomic mass is 32.2. The SMILES string of the molecule is COc1cccc(CC(=O)C2CCCC(S(C)(=O)=O)C2)c1. The van der Waals surface area contributed by atoms with Gasteiger partial charge in [-0.3, -0.25) is 4.79 Å². The van der Waals surface area contributed by atoms with Crippen molar-refractivity contribution in [1.29, 1.82) is 0 Å². The third kappa shape index (κ3) is 4.30. The van der Waals surface area contributed by atoms with Crippen molar-refractivity contribution in [2.45, 2.75) is 37.4 Å². The van der Waals surface area contributed by atoms with Crippen LogP contribution in [0.2, 0.25) is 0 Å². The molecule has 0 N–H and O–H groups in total. The van der Waals surface area contributed by atoms with Crippen LogP contribution < -0.4 is 4.74 Å². The summed E-state index contributed by atoms with van der Waals surface area (Å²) >= 11 is 0. The van der Waals surface area contributed by atoms with Crippen molar-refractivity contribution in [2.24, 2.45) is 5.92 Å². The van der Waals surface area contributed by atoms with E-state index in [-0.39, 0.29) is 17.0 Å². The van der Waals surface area contributed by atoms with E-state index in [9.17, 15) is 13.2 Å². The second-order valence-electron chi connectivity index (χ2n) is 5.81. The van der Waals surface area contributed by atoms with Gasteiger partial charge in [0.1, 0.15) is 21.4 Å². The quantitative estimate of drug-likeness (QED) is 0.838. The molecule has 1 aliphatic rings. The van der Waals surface area contributed by atoms with Gasteiger partial charge in [-0.25, -0.2) is 8.42 Å². The van der Waals surface area contributed by atoms with Gasteiger partial charge in [-0.15, -0.1) is 0 Å². The summed E-state index contributed by atoms with van der Waals surface area (Å²) < 4.78 is 28.5. The average molecular weight is 310 g/mol. The van der Waals surface area contributed by atoms with Crippen LogP contribution in [-0.2, 0) is 21.1 Å². The zero-order valence-corrected chi connectivity index (χ0v) is 13.4. The van der Waals surface area contributed by atoms with E-state index in [1.165, 1.54) is 6.26 Å². The first-order valence-corrected chi connectivity index (χ1v) is 9.20. The predicted octanol–water partition coefficient (Wildman–Crippen LogP) is 2.41. The number of rotatable bonds is 5. The molecule has 1 aliphatic carbocycles. The number of sulfone groups is 1. The van der Waals surface area contributed by atoms with Crippen molar-refractivity contribution in [3.05, 3.63) is 29.8 Å². The Balaban J connectivity index is 2.02. The fraction of sp³-hybridized carbons (Fsp3) is 0.562. The first-order valence-electron chi connectivity index (χ1n) is 7.24. The lowest BCUT2D eigenvalue weighted by atomic mass is 9.84. The molecule has 2 atom stereocenters. The van der Waals surface area contributed by atoms with E-state index in [2.05, 4.69) is 0 Å². The summed E-state index contributed by atoms with van der Waals surface area (Å²) in [5.41, 5.74) is 0.917. The molecule has 0 bridgehead atoms. The monoisotopic (exact) mass is 310 g/mol. The highest BCUT2D eigenvalue weighted by Gasteiger charge is 2.32. The smallest absolute Gasteiger partial charge is 0.150 e. The second-order valence-corrected chi connectivity index (χ2v) is 8.14. The van der Waals surface area contributed by atoms with Gasteiger partial charge in [-0.1, -0.05) is 18.6 Å². The maximum Gasteiger partial charge on any atom is 0.150 e. The van der Waals surface area contributed by atoms with Gasteiger partial charge in [-0.2, -0.15) is 0 Å². The van der Waals surface area contributed by atoms with Crippen molar-refractivity contribution >= 4 is 15.6 Å². The normalized spacial score (nSPS) is 22.8. The highest BCUT2D eigenvalue weighted by Crippen LogP contribution is 2.30. The standard InChI is InChI=1S/C16H22O4S/c1-20-14-7-3-5-12(9-14)10-16(17)13-6-4-8-15(11-13)21(2,18)19/h3,5,7,9,13,15H,4,6,8,10-11H2,1-2H3. The van der Waals surface area contributed by atoms with E-state index in [4.69, 9.17) is 4.74 Å². The van der Waals surface area contributed by atoms with E-state index in [0.29, 0.717) is 19.3 Å². The van der Waals surface area contributed by atoms with Crippen molar-refractivity contribution < 1.29 is 17.9 Å². The number of Topliss-reactive ketones (excluding diaryl/α,β-unsaturated/α-hetero) is 1. The average Bonchev–Trinajstić information content (AvgIpc) is 2.46. The summed E-state index contributed by atoms with van der Waals surface area (Å²) in [4.78, 5) is 12.4. The number of methoxy groups -OCH3 is 1. The number of ketones is 1. The Kier molecular flexibility index (Phi) is 5.04. The first kappa shape index (κ1) is 16.0. The molecule has 0 spiro atoms. The van der Waals surface area contributed by atoms with Crippen LogP contribution in [0.1, 0.15) is 31.2 Å². The molecule has 2 unspecified atom stereocenters. The van der Waals surface area contributed by atoms with Crippen LogP contribution in [0.4, 0.5) is 0 Å². The fourth-order valence-electron chi connectivity index (χ4n) is 2.95. The number of hydrogen-bond acceptors (Lipinski definition) is 4. The Bertz CT molecular complexity index is 606. The van der Waals surface area contributed by atoms with Gasteiger partial charge in [-0.05, 0) is 37.0 Å². The van der Waals surface area contributed by atoms with E-state index < -0.39 is 9.84 Å². The van der Waals surface area contributed by atoms with E-state index >= 15 is 0 Å². The van der Waals surface area contributed by atoms with Crippen molar-refractivity contribution in [3.63, 3.8) is 0 Å². The summed E-state index contributed by atoms with van der Waals surface area (Å²) in [5, 5.41) is -0.356. The van der Waals surface area contributed by atoms with Crippen molar-refractivity contribution in [1.82, 2.24) is 0 Å². The van der Waals surface area contributed by atoms with Crippen LogP contribution in [0.3, 0.4) is 0 Å². The van der Waals surface area contributed by atoms with Crippen LogP contribution >= 0.6 is 0 Å². The lowest BCUT2D eigenvalue weighted by Crippen LogP contribution is -2.31. The number of hydrogen-bond donors (Lipinski definition) is 0. The molecule has 1 saturated carbocycles. The van der Waals surface area contributed by atoms with Crippen molar-refractivity contribution in [3.8, 4) is 5.75 Å². The van der Waals surface area contributed by atoms with E-state index in [1.807, 2.05) is 24.3 Å². The van der Waals surface area contributed by atoms with Crippen molar-refractivity contribution in [2.75, 3.05) is 13.4 Å². The second kappa shape index (κ2) is 6.60. The summed E-state index contributed by atoms with van der Waals surface area (Å²) in [6, 6.07) is 7.46. The van der Waals surface area contributed by atoms with Gasteiger partial charge < -0.3 is 4.74 Å². The van der Waals surface area contributed by atoms with Gasteiger partial charge in [0.2, 0.25) is 0 Å². The summed E-state index contributed by atoms with van der Waals surface area (Å²) in [7, 11) is -1.45. The van der Waals surface area contributed by atoms with Crippen LogP contribution in [0.5, 0.6) is 5.75 Å². The maximum absolute atomic E-state index is 12.4. The van der Waals surface area contributed by atoms with Crippen LogP contribution in [0, 0.1) is 5.92 Å². The lowest BCUT2D eigenvalue weighted by molar-refractivity contribution is -0.123. The molecule has 21 heavy (non-hydrogen) atoms. The minimum Gasteiger partial charge on any atom is -0.497 e. The Hall–Kier alpha value is -1.36. The third-order valence-corrected chi connectivity index (χ3v) is 5.84. The van der Waals surface area contributed by atoms with Gasteiger partial charge in [0.25, 0.3) is 0 Å². The summed E-state index contributed by atoms with van der Waals surface area (Å²) in [6.45, 7) is 0. The van der Waals surface area contributed by atoms with Crippen LogP contribution in [0.15, 0.2) is 24.3 Å². The molecule has 0 saturated heterocycles. The molecule has 116 valence electrons. The molecule has 1 aromatic carbocycles. The van der Waals surface area contributed by atoms with Gasteiger partial charge in [0.05, 0.1) is 12.4 Å². The molecule has 5 heteroatoms. The summed E-state index contributed by atoms with van der Waals surface area (Å²) in [5.74, 6) is 0.735. The van der Waals surface area contributed by atoms with Gasteiger partial charge >= 0.3 is 0 Å². The molecule has 0 aliphatic heterocycles. The van der Waals surface area contributed by atoms with E-state index in [1.54, 1.807) is 7.11 Å². The number of ether oxygens (including phenoxy) is 1. The van der Waals surface area contributed by atoms with Crippen LogP contribution in [0.25, 0.3) is 0 Å². The predicted molar refractivity (Wildman–Crippen MR) is 82.3 cm³/mol. The third-order valence-electron chi connectivity index (χ3n) is 4.20. The number of benzene rings is 1. The molecular formula is C16H22O4S. The molecule has 2 rings (SSSR count). The molecule has 4 nitrogen and oxygen atoms in total. The Morgan fingerprint density at radius 2 is 2.10 bits per heavy atom. The zero-order valence-electron chi connectivity index (χ0n) is 12.5. The van der Waals surface area contributed by atoms with E-state index in [0.717, 1.165) is 24.2 Å². The fourth-order valence-corrected chi connectivity index (χ4v) is 4.13. The van der Waals surface area contributed by atoms with Gasteiger partial charge in [0, 0.05) is 18.6 Å². The van der Waals surface area contributed by atoms with Crippen LogP contribution in [-0.4, -0.2) is 32.8 Å². The highest BCUT2D eigenvalue weighted by molar-refractivity contribution is 7.91. The molecule has 1 aromatic rings. The molecule has 0 amide bonds. The number of carbonyl (C=O) groups excluding carboxylic acids is 1. The molecule has 0 radical (unpaired) electrons. The minimum atomic E-state index is -3.05. The molecule has 1 fully saturated rings. The topological polar surface area (TPSA) is 60.4 Å². The minimum absolute atomic E-state index is 0.135. The Labute approximate surface area is 126 Å².